The normalized spacial score (nSPS) is 39.8. The zero-order valence-corrected chi connectivity index (χ0v) is 8.36. The highest BCUT2D eigenvalue weighted by molar-refractivity contribution is 5.83. The van der Waals surface area contributed by atoms with E-state index in [-0.39, 0.29) is 11.9 Å². The number of ether oxygens (including phenoxy) is 1. The second-order valence-corrected chi connectivity index (χ2v) is 4.23. The number of esters is 1. The summed E-state index contributed by atoms with van der Waals surface area (Å²) in [6.45, 7) is 2.20. The predicted molar refractivity (Wildman–Crippen MR) is 50.3 cm³/mol. The van der Waals surface area contributed by atoms with Crippen LogP contribution in [0.15, 0.2) is 0 Å². The molecule has 14 heavy (non-hydrogen) atoms. The van der Waals surface area contributed by atoms with Crippen molar-refractivity contribution in [3.8, 4) is 0 Å². The van der Waals surface area contributed by atoms with Crippen molar-refractivity contribution in [1.29, 1.82) is 0 Å². The summed E-state index contributed by atoms with van der Waals surface area (Å²) in [6, 6.07) is 0. The molecule has 0 aromatic heterocycles. The molecule has 77 valence electrons. The molecule has 2 rings (SSSR count). The Bertz CT molecular complexity index is 261. The summed E-state index contributed by atoms with van der Waals surface area (Å²) in [4.78, 5) is 22.7. The minimum Gasteiger partial charge on any atom is -0.466 e. The van der Waals surface area contributed by atoms with Crippen LogP contribution in [0.1, 0.15) is 26.2 Å². The van der Waals surface area contributed by atoms with E-state index in [9.17, 15) is 9.59 Å². The second kappa shape index (κ2) is 3.37. The van der Waals surface area contributed by atoms with E-state index in [1.165, 1.54) is 0 Å². The number of carbonyl (C=O) groups excluding carboxylic acids is 2. The van der Waals surface area contributed by atoms with Crippen LogP contribution in [-0.4, -0.2) is 18.9 Å². The van der Waals surface area contributed by atoms with Gasteiger partial charge in [0.05, 0.1) is 12.0 Å². The molecule has 2 bridgehead atoms. The van der Waals surface area contributed by atoms with E-state index in [1.807, 2.05) is 6.42 Å². The van der Waals surface area contributed by atoms with Crippen molar-refractivity contribution in [2.45, 2.75) is 26.2 Å². The first-order valence-corrected chi connectivity index (χ1v) is 5.20. The molecule has 3 heteroatoms. The van der Waals surface area contributed by atoms with Gasteiger partial charge in [-0.2, -0.15) is 0 Å². The van der Waals surface area contributed by atoms with E-state index in [1.54, 1.807) is 6.92 Å². The lowest BCUT2D eigenvalue weighted by molar-refractivity contribution is -0.158. The number of carbonyl (C=O) groups is 2. The number of hydrogen-bond donors (Lipinski definition) is 0. The zero-order chi connectivity index (χ0) is 10.2. The summed E-state index contributed by atoms with van der Waals surface area (Å²) in [5.41, 5.74) is -0.498. The molecule has 2 saturated carbocycles. The monoisotopic (exact) mass is 195 g/mol. The highest BCUT2D eigenvalue weighted by atomic mass is 16.5. The van der Waals surface area contributed by atoms with Gasteiger partial charge in [0.15, 0.2) is 0 Å². The Kier molecular flexibility index (Phi) is 2.33. The average Bonchev–Trinajstić information content (AvgIpc) is 2.75. The van der Waals surface area contributed by atoms with Gasteiger partial charge in [0.2, 0.25) is 0 Å². The van der Waals surface area contributed by atoms with Gasteiger partial charge in [0.1, 0.15) is 6.29 Å². The Hall–Kier alpha value is -0.860. The Morgan fingerprint density at radius 2 is 2.50 bits per heavy atom. The van der Waals surface area contributed by atoms with E-state index in [0.717, 1.165) is 25.5 Å². The fourth-order valence-electron chi connectivity index (χ4n) is 2.83. The second-order valence-electron chi connectivity index (χ2n) is 4.23. The van der Waals surface area contributed by atoms with E-state index in [0.29, 0.717) is 12.5 Å². The van der Waals surface area contributed by atoms with Crippen LogP contribution >= 0.6 is 0 Å². The minimum absolute atomic E-state index is 0.173. The van der Waals surface area contributed by atoms with Crippen molar-refractivity contribution in [1.82, 2.24) is 0 Å². The first kappa shape index (κ1) is 9.69. The third-order valence-electron chi connectivity index (χ3n) is 3.53. The highest BCUT2D eigenvalue weighted by Crippen LogP contribution is 2.56. The molecule has 2 aliphatic rings. The Morgan fingerprint density at radius 1 is 1.71 bits per heavy atom. The molecule has 0 saturated heterocycles. The summed E-state index contributed by atoms with van der Waals surface area (Å²) in [6.07, 6.45) is 5.58. The SMILES string of the molecule is CCOC(=O)C12CCC([CH]C1C=O)C2. The van der Waals surface area contributed by atoms with Gasteiger partial charge in [-0.3, -0.25) is 4.79 Å². The van der Waals surface area contributed by atoms with Gasteiger partial charge in [0.25, 0.3) is 0 Å². The lowest BCUT2D eigenvalue weighted by Gasteiger charge is -2.28. The van der Waals surface area contributed by atoms with Crippen LogP contribution in [-0.2, 0) is 14.3 Å². The van der Waals surface area contributed by atoms with Crippen LogP contribution in [0.5, 0.6) is 0 Å². The van der Waals surface area contributed by atoms with Crippen LogP contribution in [0, 0.1) is 23.7 Å². The largest absolute Gasteiger partial charge is 0.466 e. The third kappa shape index (κ3) is 1.18. The number of hydrogen-bond acceptors (Lipinski definition) is 3. The molecule has 3 atom stereocenters. The predicted octanol–water partition coefficient (Wildman–Crippen LogP) is 1.37. The summed E-state index contributed by atoms with van der Waals surface area (Å²) in [5.74, 6) is 0.0725. The maximum absolute atomic E-state index is 11.8. The average molecular weight is 195 g/mol. The van der Waals surface area contributed by atoms with Crippen molar-refractivity contribution in [3.63, 3.8) is 0 Å². The lowest BCUT2D eigenvalue weighted by Crippen LogP contribution is -2.36. The molecule has 3 nitrogen and oxygen atoms in total. The Labute approximate surface area is 83.8 Å². The zero-order valence-electron chi connectivity index (χ0n) is 8.36. The molecule has 2 fully saturated rings. The first-order chi connectivity index (χ1) is 6.73. The van der Waals surface area contributed by atoms with Crippen LogP contribution in [0.4, 0.5) is 0 Å². The number of fused-ring (bicyclic) bond motifs is 2. The first-order valence-electron chi connectivity index (χ1n) is 5.20. The van der Waals surface area contributed by atoms with Crippen LogP contribution < -0.4 is 0 Å². The molecule has 0 aromatic carbocycles. The lowest BCUT2D eigenvalue weighted by atomic mass is 9.76. The van der Waals surface area contributed by atoms with E-state index in [2.05, 4.69) is 0 Å². The van der Waals surface area contributed by atoms with Crippen LogP contribution in [0.3, 0.4) is 0 Å². The molecule has 0 aromatic rings. The Balaban J connectivity index is 2.19. The molecule has 2 aliphatic carbocycles. The summed E-state index contributed by atoms with van der Waals surface area (Å²) in [5, 5.41) is 0. The number of rotatable bonds is 3. The van der Waals surface area contributed by atoms with Gasteiger partial charge < -0.3 is 9.53 Å². The molecule has 0 aliphatic heterocycles. The fraction of sp³-hybridized carbons (Fsp3) is 0.727. The fourth-order valence-corrected chi connectivity index (χ4v) is 2.83. The molecule has 0 amide bonds. The van der Waals surface area contributed by atoms with Gasteiger partial charge >= 0.3 is 5.97 Å². The molecule has 0 heterocycles. The highest BCUT2D eigenvalue weighted by Gasteiger charge is 2.57. The molecule has 0 spiro atoms. The standard InChI is InChI=1S/C11H15O3/c1-2-14-10(13)11-4-3-8(6-11)5-9(11)7-12/h5,7-9H,2-4,6H2,1H3. The minimum atomic E-state index is -0.498. The van der Waals surface area contributed by atoms with Crippen LogP contribution in [0.25, 0.3) is 0 Å². The number of aldehydes is 1. The van der Waals surface area contributed by atoms with E-state index in [4.69, 9.17) is 4.74 Å². The van der Waals surface area contributed by atoms with Crippen molar-refractivity contribution in [3.05, 3.63) is 6.42 Å². The summed E-state index contributed by atoms with van der Waals surface area (Å²) >= 11 is 0. The van der Waals surface area contributed by atoms with E-state index < -0.39 is 5.41 Å². The molecular formula is C11H15O3. The molecule has 3 unspecified atom stereocenters. The molecule has 0 N–H and O–H groups in total. The smallest absolute Gasteiger partial charge is 0.312 e. The van der Waals surface area contributed by atoms with Gasteiger partial charge in [-0.1, -0.05) is 0 Å². The van der Waals surface area contributed by atoms with Crippen molar-refractivity contribution < 1.29 is 14.3 Å². The maximum Gasteiger partial charge on any atom is 0.312 e. The quantitative estimate of drug-likeness (QED) is 0.504. The van der Waals surface area contributed by atoms with Gasteiger partial charge in [-0.15, -0.1) is 0 Å². The van der Waals surface area contributed by atoms with Crippen molar-refractivity contribution >= 4 is 12.3 Å². The topological polar surface area (TPSA) is 43.4 Å². The van der Waals surface area contributed by atoms with Crippen LogP contribution in [0.2, 0.25) is 0 Å². The van der Waals surface area contributed by atoms with Gasteiger partial charge in [-0.25, -0.2) is 0 Å². The molecule has 1 radical (unpaired) electrons. The Morgan fingerprint density at radius 3 is 3.07 bits per heavy atom. The van der Waals surface area contributed by atoms with Gasteiger partial charge in [0, 0.05) is 5.92 Å². The van der Waals surface area contributed by atoms with Crippen molar-refractivity contribution in [2.75, 3.05) is 6.61 Å². The van der Waals surface area contributed by atoms with Gasteiger partial charge in [-0.05, 0) is 38.5 Å². The third-order valence-corrected chi connectivity index (χ3v) is 3.53. The molecular weight excluding hydrogens is 180 g/mol. The van der Waals surface area contributed by atoms with E-state index >= 15 is 0 Å². The summed E-state index contributed by atoms with van der Waals surface area (Å²) in [7, 11) is 0. The summed E-state index contributed by atoms with van der Waals surface area (Å²) < 4.78 is 5.06. The maximum atomic E-state index is 11.8. The van der Waals surface area contributed by atoms with Crippen molar-refractivity contribution in [2.24, 2.45) is 17.3 Å².